The Balaban J connectivity index is 1.99. The van der Waals surface area contributed by atoms with E-state index in [-0.39, 0.29) is 0 Å². The Morgan fingerprint density at radius 3 is 1.31 bits per heavy atom. The van der Waals surface area contributed by atoms with E-state index < -0.39 is 3.39 Å². The largest absolute Gasteiger partial charge is 0.343 e. The zero-order chi connectivity index (χ0) is 9.31. The highest BCUT2D eigenvalue weighted by Crippen LogP contribution is 2.35. The van der Waals surface area contributed by atoms with Crippen LogP contribution in [0.25, 0.3) is 0 Å². The van der Waals surface area contributed by atoms with Crippen LogP contribution in [0.2, 0.25) is 0 Å². The van der Waals surface area contributed by atoms with Gasteiger partial charge in [-0.2, -0.15) is 0 Å². The van der Waals surface area contributed by atoms with Gasteiger partial charge in [0.05, 0.1) is 0 Å². The van der Waals surface area contributed by atoms with Crippen LogP contribution in [0, 0.1) is 0 Å². The molecule has 0 saturated carbocycles. The van der Waals surface area contributed by atoms with Gasteiger partial charge in [0.15, 0.2) is 0 Å². The number of nitrogens with zero attached hydrogens (tertiary/aromatic N) is 2. The van der Waals surface area contributed by atoms with Crippen LogP contribution >= 0.6 is 43.6 Å². The first kappa shape index (κ1) is 11.1. The van der Waals surface area contributed by atoms with Crippen molar-refractivity contribution in [2.45, 2.75) is 25.7 Å². The summed E-state index contributed by atoms with van der Waals surface area (Å²) < 4.78 is 4.30. The Hall–Kier alpha value is 1.60. The zero-order valence-corrected chi connectivity index (χ0v) is 13.1. The van der Waals surface area contributed by atoms with Gasteiger partial charge in [-0.3, -0.25) is 9.13 Å². The molecule has 0 bridgehead atoms. The summed E-state index contributed by atoms with van der Waals surface area (Å²) in [7, 11) is 0. The molecule has 0 amide bonds. The molecular formula is C8H16I2N2Si. The first-order chi connectivity index (χ1) is 6.21. The molecule has 0 aromatic rings. The third kappa shape index (κ3) is 2.40. The lowest BCUT2D eigenvalue weighted by Gasteiger charge is -2.36. The fraction of sp³-hybridized carbons (Fsp3) is 1.00. The summed E-state index contributed by atoms with van der Waals surface area (Å²) in [5.41, 5.74) is 0. The third-order valence-corrected chi connectivity index (χ3v) is 13.6. The van der Waals surface area contributed by atoms with Gasteiger partial charge in [0.2, 0.25) is 0 Å². The molecule has 0 N–H and O–H groups in total. The maximum absolute atomic E-state index is 2.76. The lowest BCUT2D eigenvalue weighted by atomic mass is 10.4. The fourth-order valence-electron chi connectivity index (χ4n) is 2.17. The molecule has 0 unspecified atom stereocenters. The molecule has 0 radical (unpaired) electrons. The molecule has 0 atom stereocenters. The van der Waals surface area contributed by atoms with E-state index in [0.717, 1.165) is 0 Å². The predicted octanol–water partition coefficient (Wildman–Crippen LogP) is 2.48. The molecule has 2 aliphatic heterocycles. The van der Waals surface area contributed by atoms with Crippen molar-refractivity contribution in [1.82, 2.24) is 9.13 Å². The number of halogens is 2. The second-order valence-electron chi connectivity index (χ2n) is 3.90. The van der Waals surface area contributed by atoms with Crippen LogP contribution in [0.1, 0.15) is 25.7 Å². The first-order valence-electron chi connectivity index (χ1n) is 5.09. The average molecular weight is 422 g/mol. The monoisotopic (exact) mass is 422 g/mol. The van der Waals surface area contributed by atoms with Crippen LogP contribution < -0.4 is 0 Å². The molecule has 13 heavy (non-hydrogen) atoms. The van der Waals surface area contributed by atoms with Crippen molar-refractivity contribution < 1.29 is 0 Å². The van der Waals surface area contributed by atoms with Gasteiger partial charge in [-0.1, -0.05) is 43.6 Å². The minimum Gasteiger partial charge on any atom is -0.296 e. The Morgan fingerprint density at radius 2 is 1.00 bits per heavy atom. The summed E-state index contributed by atoms with van der Waals surface area (Å²) >= 11 is 5.51. The van der Waals surface area contributed by atoms with Crippen molar-refractivity contribution in [2.75, 3.05) is 26.2 Å². The Kier molecular flexibility index (Phi) is 3.95. The van der Waals surface area contributed by atoms with Crippen LogP contribution in [0.5, 0.6) is 0 Å². The fourth-order valence-corrected chi connectivity index (χ4v) is 10.1. The van der Waals surface area contributed by atoms with Gasteiger partial charge in [-0.25, -0.2) is 0 Å². The summed E-state index contributed by atoms with van der Waals surface area (Å²) in [6, 6.07) is 0. The molecule has 2 aliphatic rings. The minimum atomic E-state index is -1.23. The van der Waals surface area contributed by atoms with Crippen LogP contribution in [-0.2, 0) is 0 Å². The van der Waals surface area contributed by atoms with E-state index in [1.807, 2.05) is 0 Å². The topological polar surface area (TPSA) is 6.48 Å². The molecule has 2 saturated heterocycles. The Morgan fingerprint density at radius 1 is 0.692 bits per heavy atom. The van der Waals surface area contributed by atoms with Crippen molar-refractivity contribution >= 4 is 47.0 Å². The van der Waals surface area contributed by atoms with E-state index in [1.165, 1.54) is 51.9 Å². The third-order valence-electron chi connectivity index (χ3n) is 2.97. The molecule has 2 nitrogen and oxygen atoms in total. The molecule has 0 aliphatic carbocycles. The van der Waals surface area contributed by atoms with Crippen LogP contribution in [0.15, 0.2) is 0 Å². The second-order valence-corrected chi connectivity index (χ2v) is 21.4. The lowest BCUT2D eigenvalue weighted by molar-refractivity contribution is 0.444. The quantitative estimate of drug-likeness (QED) is 0.384. The van der Waals surface area contributed by atoms with E-state index >= 15 is 0 Å². The zero-order valence-electron chi connectivity index (χ0n) is 7.81. The van der Waals surface area contributed by atoms with E-state index in [0.29, 0.717) is 0 Å². The molecule has 0 aromatic heterocycles. The Bertz CT molecular complexity index is 159. The smallest absolute Gasteiger partial charge is 0.296 e. The first-order valence-corrected chi connectivity index (χ1v) is 13.2. The van der Waals surface area contributed by atoms with E-state index in [9.17, 15) is 0 Å². The number of rotatable bonds is 2. The standard InChI is InChI=1S/C8H16I2N2Si/c9-13(10,11-5-1-2-6-11)12-7-3-4-8-12/h1-8H2. The van der Waals surface area contributed by atoms with Crippen LogP contribution in [0.4, 0.5) is 0 Å². The molecule has 76 valence electrons. The SMILES string of the molecule is I[Si](I)(N1CCCC1)N1CCCC1. The molecule has 2 rings (SSSR count). The van der Waals surface area contributed by atoms with Gasteiger partial charge in [0.1, 0.15) is 0 Å². The highest BCUT2D eigenvalue weighted by atomic mass is 127. The highest BCUT2D eigenvalue weighted by Gasteiger charge is 2.43. The van der Waals surface area contributed by atoms with Gasteiger partial charge in [-0.05, 0) is 51.9 Å². The van der Waals surface area contributed by atoms with Crippen molar-refractivity contribution in [3.05, 3.63) is 0 Å². The summed E-state index contributed by atoms with van der Waals surface area (Å²) in [6.07, 6.45) is 5.70. The van der Waals surface area contributed by atoms with E-state index in [4.69, 9.17) is 0 Å². The van der Waals surface area contributed by atoms with Gasteiger partial charge in [-0.15, -0.1) is 0 Å². The number of hydrogen-bond acceptors (Lipinski definition) is 2. The van der Waals surface area contributed by atoms with Crippen LogP contribution in [-0.4, -0.2) is 38.7 Å². The van der Waals surface area contributed by atoms with E-state index in [1.54, 1.807) is 0 Å². The van der Waals surface area contributed by atoms with Crippen molar-refractivity contribution in [2.24, 2.45) is 0 Å². The Labute approximate surface area is 107 Å². The highest BCUT2D eigenvalue weighted by molar-refractivity contribution is 14.3. The van der Waals surface area contributed by atoms with Crippen LogP contribution in [0.3, 0.4) is 0 Å². The van der Waals surface area contributed by atoms with Gasteiger partial charge in [0, 0.05) is 0 Å². The van der Waals surface area contributed by atoms with Crippen molar-refractivity contribution in [3.63, 3.8) is 0 Å². The van der Waals surface area contributed by atoms with Crippen molar-refractivity contribution in [1.29, 1.82) is 0 Å². The van der Waals surface area contributed by atoms with Crippen molar-refractivity contribution in [3.8, 4) is 0 Å². The van der Waals surface area contributed by atoms with Gasteiger partial charge in [0.25, 0.3) is 0 Å². The molecule has 0 aromatic carbocycles. The molecule has 5 heteroatoms. The summed E-state index contributed by atoms with van der Waals surface area (Å²) in [4.78, 5) is 0. The van der Waals surface area contributed by atoms with E-state index in [2.05, 4.69) is 52.7 Å². The predicted molar refractivity (Wildman–Crippen MR) is 75.4 cm³/mol. The summed E-state index contributed by atoms with van der Waals surface area (Å²) in [5, 5.41) is 0. The minimum absolute atomic E-state index is 1.23. The summed E-state index contributed by atoms with van der Waals surface area (Å²) in [5.74, 6) is 0. The molecule has 0 spiro atoms. The molecular weight excluding hydrogens is 406 g/mol. The molecule has 2 heterocycles. The summed E-state index contributed by atoms with van der Waals surface area (Å²) in [6.45, 7) is 5.42. The maximum atomic E-state index is 2.76. The average Bonchev–Trinajstić information content (AvgIpc) is 2.78. The van der Waals surface area contributed by atoms with Gasteiger partial charge >= 0.3 is 3.39 Å². The molecule has 2 fully saturated rings. The normalized spacial score (nSPS) is 27.2. The van der Waals surface area contributed by atoms with Gasteiger partial charge < -0.3 is 0 Å². The maximum Gasteiger partial charge on any atom is 0.343 e. The lowest BCUT2D eigenvalue weighted by Crippen LogP contribution is -2.55. The second kappa shape index (κ2) is 4.63. The number of hydrogen-bond donors (Lipinski definition) is 0.